The summed E-state index contributed by atoms with van der Waals surface area (Å²) in [5.74, 6) is -0.412. The molecule has 1 aliphatic heterocycles. The maximum atomic E-state index is 12.4. The number of piperazine rings is 1. The minimum absolute atomic E-state index is 0.0480. The summed E-state index contributed by atoms with van der Waals surface area (Å²) in [7, 11) is 0. The maximum absolute atomic E-state index is 12.4. The van der Waals surface area contributed by atoms with Gasteiger partial charge >= 0.3 is 0 Å². The number of carbonyl (C=O) groups excluding carboxylic acids is 2. The highest BCUT2D eigenvalue weighted by Crippen LogP contribution is 2.23. The maximum Gasteiger partial charge on any atom is 0.255 e. The van der Waals surface area contributed by atoms with Crippen LogP contribution in [0.3, 0.4) is 0 Å². The highest BCUT2D eigenvalue weighted by Gasteiger charge is 2.27. The first-order valence-electron chi connectivity index (χ1n) is 5.80. The Balaban J connectivity index is 2.30. The van der Waals surface area contributed by atoms with Crippen LogP contribution in [0.2, 0.25) is 0 Å². The summed E-state index contributed by atoms with van der Waals surface area (Å²) in [5, 5.41) is 11.7. The van der Waals surface area contributed by atoms with E-state index in [0.29, 0.717) is 22.1 Å². The van der Waals surface area contributed by atoms with E-state index in [9.17, 15) is 9.59 Å². The molecule has 1 fully saturated rings. The van der Waals surface area contributed by atoms with Crippen LogP contribution in [-0.4, -0.2) is 35.8 Å². The summed E-state index contributed by atoms with van der Waals surface area (Å²) in [5.41, 5.74) is 0.807. The second-order valence-corrected chi connectivity index (χ2v) is 5.23. The minimum Gasteiger partial charge on any atom is -0.350 e. The van der Waals surface area contributed by atoms with Gasteiger partial charge in [-0.25, -0.2) is 0 Å². The smallest absolute Gasteiger partial charge is 0.255 e. The zero-order valence-corrected chi connectivity index (χ0v) is 11.9. The van der Waals surface area contributed by atoms with E-state index in [1.807, 2.05) is 13.0 Å². The van der Waals surface area contributed by atoms with Crippen LogP contribution in [0.5, 0.6) is 0 Å². The van der Waals surface area contributed by atoms with E-state index in [1.54, 1.807) is 18.2 Å². The van der Waals surface area contributed by atoms with Crippen LogP contribution in [0, 0.1) is 11.3 Å². The molecule has 98 valence electrons. The number of nitriles is 1. The Morgan fingerprint density at radius 1 is 1.58 bits per heavy atom. The van der Waals surface area contributed by atoms with E-state index in [-0.39, 0.29) is 24.4 Å². The minimum atomic E-state index is -0.245. The molecule has 1 aliphatic rings. The van der Waals surface area contributed by atoms with Crippen molar-refractivity contribution in [3.05, 3.63) is 33.8 Å². The molecule has 0 saturated carbocycles. The second-order valence-electron chi connectivity index (χ2n) is 4.43. The van der Waals surface area contributed by atoms with E-state index in [4.69, 9.17) is 5.26 Å². The van der Waals surface area contributed by atoms with E-state index >= 15 is 0 Å². The third-order valence-electron chi connectivity index (χ3n) is 2.87. The van der Waals surface area contributed by atoms with Crippen molar-refractivity contribution < 1.29 is 9.59 Å². The van der Waals surface area contributed by atoms with Crippen LogP contribution < -0.4 is 5.32 Å². The van der Waals surface area contributed by atoms with Crippen LogP contribution >= 0.6 is 15.9 Å². The van der Waals surface area contributed by atoms with Gasteiger partial charge < -0.3 is 10.2 Å². The van der Waals surface area contributed by atoms with E-state index < -0.39 is 0 Å². The number of amides is 2. The standard InChI is InChI=1S/C13H12BrN3O2/c1-8-6-17(7-11(18)16-8)13(19)10-4-2-3-9(5-15)12(10)14/h2-4,8H,6-7H2,1H3,(H,16,18). The Hall–Kier alpha value is -1.87. The molecule has 5 nitrogen and oxygen atoms in total. The molecule has 6 heteroatoms. The lowest BCUT2D eigenvalue weighted by Gasteiger charge is -2.31. The zero-order valence-electron chi connectivity index (χ0n) is 10.3. The molecule has 1 heterocycles. The molecular formula is C13H12BrN3O2. The third-order valence-corrected chi connectivity index (χ3v) is 3.73. The van der Waals surface area contributed by atoms with Crippen molar-refractivity contribution in [2.45, 2.75) is 13.0 Å². The number of carbonyl (C=O) groups is 2. The summed E-state index contributed by atoms with van der Waals surface area (Å²) in [6.07, 6.45) is 0. The number of benzene rings is 1. The van der Waals surface area contributed by atoms with Crippen LogP contribution in [0.15, 0.2) is 22.7 Å². The van der Waals surface area contributed by atoms with Gasteiger partial charge in [0.05, 0.1) is 17.7 Å². The number of hydrogen-bond acceptors (Lipinski definition) is 3. The zero-order chi connectivity index (χ0) is 14.0. The molecule has 0 aliphatic carbocycles. The van der Waals surface area contributed by atoms with Crippen molar-refractivity contribution in [1.82, 2.24) is 10.2 Å². The lowest BCUT2D eigenvalue weighted by Crippen LogP contribution is -2.54. The average Bonchev–Trinajstić information content (AvgIpc) is 2.37. The summed E-state index contributed by atoms with van der Waals surface area (Å²) in [6.45, 7) is 2.36. The molecule has 1 unspecified atom stereocenters. The van der Waals surface area contributed by atoms with Crippen molar-refractivity contribution >= 4 is 27.7 Å². The molecule has 1 saturated heterocycles. The van der Waals surface area contributed by atoms with Crippen LogP contribution in [0.25, 0.3) is 0 Å². The van der Waals surface area contributed by atoms with Crippen molar-refractivity contribution in [2.75, 3.05) is 13.1 Å². The Kier molecular flexibility index (Phi) is 3.86. The van der Waals surface area contributed by atoms with E-state index in [2.05, 4.69) is 21.2 Å². The Morgan fingerprint density at radius 3 is 2.95 bits per heavy atom. The van der Waals surface area contributed by atoms with Crippen LogP contribution in [0.1, 0.15) is 22.8 Å². The number of rotatable bonds is 1. The summed E-state index contributed by atoms with van der Waals surface area (Å²) < 4.78 is 0.473. The molecule has 19 heavy (non-hydrogen) atoms. The lowest BCUT2D eigenvalue weighted by molar-refractivity contribution is -0.124. The predicted octanol–water partition coefficient (Wildman–Crippen LogP) is 1.28. The molecule has 1 N–H and O–H groups in total. The molecule has 2 rings (SSSR count). The third kappa shape index (κ3) is 2.76. The van der Waals surface area contributed by atoms with Crippen molar-refractivity contribution in [3.8, 4) is 6.07 Å². The fourth-order valence-corrected chi connectivity index (χ4v) is 2.57. The Morgan fingerprint density at radius 2 is 2.32 bits per heavy atom. The number of hydrogen-bond donors (Lipinski definition) is 1. The van der Waals surface area contributed by atoms with Gasteiger partial charge in [-0.1, -0.05) is 6.07 Å². The van der Waals surface area contributed by atoms with Crippen LogP contribution in [0.4, 0.5) is 0 Å². The summed E-state index contributed by atoms with van der Waals surface area (Å²) in [4.78, 5) is 25.3. The molecule has 1 aromatic rings. The molecular weight excluding hydrogens is 310 g/mol. The van der Waals surface area contributed by atoms with E-state index in [0.717, 1.165) is 0 Å². The molecule has 1 atom stereocenters. The molecule has 0 spiro atoms. The first-order valence-corrected chi connectivity index (χ1v) is 6.59. The highest BCUT2D eigenvalue weighted by molar-refractivity contribution is 9.10. The van der Waals surface area contributed by atoms with Gasteiger partial charge in [-0.05, 0) is 35.0 Å². The van der Waals surface area contributed by atoms with Gasteiger partial charge in [-0.2, -0.15) is 5.26 Å². The van der Waals surface area contributed by atoms with Crippen molar-refractivity contribution in [3.63, 3.8) is 0 Å². The molecule has 2 amide bonds. The average molecular weight is 322 g/mol. The monoisotopic (exact) mass is 321 g/mol. The van der Waals surface area contributed by atoms with Gasteiger partial charge in [0.25, 0.3) is 5.91 Å². The largest absolute Gasteiger partial charge is 0.350 e. The number of nitrogens with zero attached hydrogens (tertiary/aromatic N) is 2. The summed E-state index contributed by atoms with van der Waals surface area (Å²) >= 11 is 3.27. The SMILES string of the molecule is CC1CN(C(=O)c2cccc(C#N)c2Br)CC(=O)N1. The normalized spacial score (nSPS) is 18.7. The Labute approximate surface area is 119 Å². The highest BCUT2D eigenvalue weighted by atomic mass is 79.9. The van der Waals surface area contributed by atoms with Crippen molar-refractivity contribution in [2.24, 2.45) is 0 Å². The predicted molar refractivity (Wildman–Crippen MR) is 72.4 cm³/mol. The quantitative estimate of drug-likeness (QED) is 0.846. The summed E-state index contributed by atoms with van der Waals surface area (Å²) in [6, 6.07) is 6.88. The van der Waals surface area contributed by atoms with Crippen molar-refractivity contribution in [1.29, 1.82) is 5.26 Å². The Bertz CT molecular complexity index is 580. The van der Waals surface area contributed by atoms with Gasteiger partial charge in [0.15, 0.2) is 0 Å². The van der Waals surface area contributed by atoms with Gasteiger partial charge in [0.2, 0.25) is 5.91 Å². The number of halogens is 1. The van der Waals surface area contributed by atoms with Gasteiger partial charge in [-0.15, -0.1) is 0 Å². The second kappa shape index (κ2) is 5.41. The fourth-order valence-electron chi connectivity index (χ4n) is 2.04. The van der Waals surface area contributed by atoms with Gasteiger partial charge in [0.1, 0.15) is 6.07 Å². The number of nitrogens with one attached hydrogen (secondary N) is 1. The first-order chi connectivity index (χ1) is 9.02. The topological polar surface area (TPSA) is 73.2 Å². The molecule has 0 radical (unpaired) electrons. The molecule has 1 aromatic carbocycles. The first kappa shape index (κ1) is 13.6. The van der Waals surface area contributed by atoms with Gasteiger partial charge in [-0.3, -0.25) is 9.59 Å². The van der Waals surface area contributed by atoms with Gasteiger partial charge in [0, 0.05) is 17.1 Å². The molecule has 0 bridgehead atoms. The molecule has 0 aromatic heterocycles. The van der Waals surface area contributed by atoms with Crippen LogP contribution in [-0.2, 0) is 4.79 Å². The lowest BCUT2D eigenvalue weighted by atomic mass is 10.1. The van der Waals surface area contributed by atoms with E-state index in [1.165, 1.54) is 4.90 Å². The fraction of sp³-hybridized carbons (Fsp3) is 0.308.